The molecule has 9 heavy (non-hydrogen) atoms. The van der Waals surface area contributed by atoms with Crippen molar-refractivity contribution in [1.29, 1.82) is 0 Å². The average Bonchev–Trinajstić information content (AvgIpc) is 1.87. The van der Waals surface area contributed by atoms with Gasteiger partial charge in [-0.3, -0.25) is 9.98 Å². The maximum Gasteiger partial charge on any atom is 0.130 e. The topological polar surface area (TPSA) is 24.7 Å². The molecule has 0 unspecified atom stereocenters. The van der Waals surface area contributed by atoms with Crippen LogP contribution in [0.5, 0.6) is 0 Å². The largest absolute Gasteiger partial charge is 0.293 e. The third-order valence-electron chi connectivity index (χ3n) is 0.832. The molecule has 0 radical (unpaired) electrons. The summed E-state index contributed by atoms with van der Waals surface area (Å²) in [5, 5.41) is 0.373. The molecule has 0 N–H and O–H groups in total. The molecular weight excluding hydrogens is 136 g/mol. The van der Waals surface area contributed by atoms with E-state index in [0.29, 0.717) is 5.16 Å². The Morgan fingerprint density at radius 3 is 2.56 bits per heavy atom. The number of allylic oxidation sites excluding steroid dienone is 1. The zero-order valence-corrected chi connectivity index (χ0v) is 6.31. The second-order valence-electron chi connectivity index (χ2n) is 1.49. The van der Waals surface area contributed by atoms with E-state index in [2.05, 4.69) is 16.7 Å². The Balaban J connectivity index is 4.11. The molecule has 0 aromatic heterocycles. The standard InChI is InChI=1S/C6H9ClN2/c1-5(8-2)4-6(7)9-3/h4H,3H2,1-2H3/b6-4-,8-5?. The average molecular weight is 145 g/mol. The van der Waals surface area contributed by atoms with Gasteiger partial charge in [0, 0.05) is 12.8 Å². The van der Waals surface area contributed by atoms with E-state index in [1.807, 2.05) is 6.92 Å². The molecule has 0 aliphatic heterocycles. The summed E-state index contributed by atoms with van der Waals surface area (Å²) in [4.78, 5) is 7.32. The molecule has 0 atom stereocenters. The lowest BCUT2D eigenvalue weighted by Crippen LogP contribution is -1.82. The van der Waals surface area contributed by atoms with Gasteiger partial charge in [-0.25, -0.2) is 0 Å². The molecule has 0 bridgehead atoms. The van der Waals surface area contributed by atoms with E-state index < -0.39 is 0 Å². The summed E-state index contributed by atoms with van der Waals surface area (Å²) in [7, 11) is 1.69. The van der Waals surface area contributed by atoms with Crippen LogP contribution < -0.4 is 0 Å². The van der Waals surface area contributed by atoms with Crippen LogP contribution >= 0.6 is 11.6 Å². The van der Waals surface area contributed by atoms with Crippen LogP contribution in [-0.4, -0.2) is 19.5 Å². The minimum atomic E-state index is 0.373. The number of rotatable bonds is 2. The third kappa shape index (κ3) is 3.91. The smallest absolute Gasteiger partial charge is 0.130 e. The Kier molecular flexibility index (Phi) is 3.97. The van der Waals surface area contributed by atoms with Crippen molar-refractivity contribution in [2.24, 2.45) is 9.98 Å². The van der Waals surface area contributed by atoms with Crippen molar-refractivity contribution in [3.63, 3.8) is 0 Å². The Bertz CT molecular complexity index is 158. The lowest BCUT2D eigenvalue weighted by Gasteiger charge is -1.86. The minimum absolute atomic E-state index is 0.373. The maximum atomic E-state index is 5.49. The van der Waals surface area contributed by atoms with Crippen LogP contribution in [0, 0.1) is 0 Å². The molecule has 0 aliphatic carbocycles. The van der Waals surface area contributed by atoms with Gasteiger partial charge < -0.3 is 0 Å². The highest BCUT2D eigenvalue weighted by Crippen LogP contribution is 2.00. The molecule has 0 aromatic carbocycles. The molecule has 0 aliphatic rings. The van der Waals surface area contributed by atoms with Crippen LogP contribution in [0.4, 0.5) is 0 Å². The Morgan fingerprint density at radius 2 is 2.22 bits per heavy atom. The van der Waals surface area contributed by atoms with Crippen LogP contribution in [0.3, 0.4) is 0 Å². The van der Waals surface area contributed by atoms with Gasteiger partial charge in [-0.2, -0.15) is 0 Å². The summed E-state index contributed by atoms with van der Waals surface area (Å²) in [6, 6.07) is 0. The summed E-state index contributed by atoms with van der Waals surface area (Å²) >= 11 is 5.49. The second-order valence-corrected chi connectivity index (χ2v) is 1.88. The van der Waals surface area contributed by atoms with Gasteiger partial charge in [0.05, 0.1) is 0 Å². The fourth-order valence-electron chi connectivity index (χ4n) is 0.283. The first kappa shape index (κ1) is 8.37. The van der Waals surface area contributed by atoms with Crippen molar-refractivity contribution < 1.29 is 0 Å². The van der Waals surface area contributed by atoms with Gasteiger partial charge in [0.1, 0.15) is 5.16 Å². The molecule has 2 nitrogen and oxygen atoms in total. The molecule has 0 amide bonds. The summed E-state index contributed by atoms with van der Waals surface area (Å²) in [5.74, 6) is 0. The van der Waals surface area contributed by atoms with E-state index in [-0.39, 0.29) is 0 Å². The van der Waals surface area contributed by atoms with Gasteiger partial charge >= 0.3 is 0 Å². The van der Waals surface area contributed by atoms with Gasteiger partial charge in [-0.15, -0.1) is 0 Å². The fourth-order valence-corrected chi connectivity index (χ4v) is 0.440. The first-order chi connectivity index (χ1) is 4.20. The summed E-state index contributed by atoms with van der Waals surface area (Å²) in [5.41, 5.74) is 0.840. The van der Waals surface area contributed by atoms with E-state index in [0.717, 1.165) is 5.71 Å². The highest BCUT2D eigenvalue weighted by Gasteiger charge is 1.84. The van der Waals surface area contributed by atoms with E-state index >= 15 is 0 Å². The lowest BCUT2D eigenvalue weighted by atomic mass is 10.4. The highest BCUT2D eigenvalue weighted by atomic mass is 35.5. The van der Waals surface area contributed by atoms with E-state index in [1.165, 1.54) is 0 Å². The Labute approximate surface area is 60.0 Å². The molecule has 50 valence electrons. The first-order valence-corrected chi connectivity index (χ1v) is 2.85. The molecule has 0 spiro atoms. The normalized spacial score (nSPS) is 13.7. The van der Waals surface area contributed by atoms with E-state index in [1.54, 1.807) is 13.1 Å². The van der Waals surface area contributed by atoms with E-state index in [9.17, 15) is 0 Å². The molecule has 0 aromatic rings. The maximum absolute atomic E-state index is 5.49. The summed E-state index contributed by atoms with van der Waals surface area (Å²) in [6.07, 6.45) is 1.65. The molecule has 0 heterocycles. The van der Waals surface area contributed by atoms with Gasteiger partial charge in [0.15, 0.2) is 0 Å². The third-order valence-corrected chi connectivity index (χ3v) is 1.06. The zero-order chi connectivity index (χ0) is 7.28. The predicted molar refractivity (Wildman–Crippen MR) is 42.5 cm³/mol. The zero-order valence-electron chi connectivity index (χ0n) is 5.56. The fraction of sp³-hybridized carbons (Fsp3) is 0.333. The van der Waals surface area contributed by atoms with Crippen LogP contribution in [0.15, 0.2) is 21.2 Å². The summed E-state index contributed by atoms with van der Waals surface area (Å²) in [6.45, 7) is 5.08. The Hall–Kier alpha value is -0.630. The van der Waals surface area contributed by atoms with Crippen LogP contribution in [0.25, 0.3) is 0 Å². The number of hydrogen-bond acceptors (Lipinski definition) is 2. The SMILES string of the molecule is C=N/C(Cl)=C\C(C)=NC. The number of aliphatic imine (C=N–C) groups is 2. The van der Waals surface area contributed by atoms with Crippen molar-refractivity contribution in [2.75, 3.05) is 7.05 Å². The highest BCUT2D eigenvalue weighted by molar-refractivity contribution is 6.31. The first-order valence-electron chi connectivity index (χ1n) is 2.48. The minimum Gasteiger partial charge on any atom is -0.293 e. The van der Waals surface area contributed by atoms with Crippen LogP contribution in [-0.2, 0) is 0 Å². The number of hydrogen-bond donors (Lipinski definition) is 0. The molecule has 0 saturated carbocycles. The molecule has 0 fully saturated rings. The van der Waals surface area contributed by atoms with Gasteiger partial charge in [-0.1, -0.05) is 11.6 Å². The van der Waals surface area contributed by atoms with Crippen molar-refractivity contribution in [2.45, 2.75) is 6.92 Å². The van der Waals surface area contributed by atoms with Gasteiger partial charge in [0.25, 0.3) is 0 Å². The van der Waals surface area contributed by atoms with Crippen LogP contribution in [0.1, 0.15) is 6.92 Å². The molecule has 3 heteroatoms. The quantitative estimate of drug-likeness (QED) is 0.418. The number of nitrogens with zero attached hydrogens (tertiary/aromatic N) is 2. The molecule has 0 saturated heterocycles. The molecular formula is C6H9ClN2. The van der Waals surface area contributed by atoms with Crippen molar-refractivity contribution in [1.82, 2.24) is 0 Å². The van der Waals surface area contributed by atoms with Crippen molar-refractivity contribution in [3.05, 3.63) is 11.2 Å². The summed E-state index contributed by atoms with van der Waals surface area (Å²) < 4.78 is 0. The molecule has 0 rings (SSSR count). The second kappa shape index (κ2) is 4.27. The number of halogens is 1. The van der Waals surface area contributed by atoms with E-state index in [4.69, 9.17) is 11.6 Å². The Morgan fingerprint density at radius 1 is 1.67 bits per heavy atom. The van der Waals surface area contributed by atoms with Crippen LogP contribution in [0.2, 0.25) is 0 Å². The van der Waals surface area contributed by atoms with Crippen molar-refractivity contribution >= 4 is 24.0 Å². The monoisotopic (exact) mass is 144 g/mol. The predicted octanol–water partition coefficient (Wildman–Crippen LogP) is 1.86. The van der Waals surface area contributed by atoms with Crippen molar-refractivity contribution in [3.8, 4) is 0 Å². The lowest BCUT2D eigenvalue weighted by molar-refractivity contribution is 1.42. The van der Waals surface area contributed by atoms with Gasteiger partial charge in [0.2, 0.25) is 0 Å². The van der Waals surface area contributed by atoms with Gasteiger partial charge in [-0.05, 0) is 19.7 Å².